The fraction of sp³-hybridized carbons (Fsp3) is 0.294. The monoisotopic (exact) mass is 341 g/mol. The molecule has 0 aromatic carbocycles. The van der Waals surface area contributed by atoms with Crippen LogP contribution in [0.4, 0.5) is 4.39 Å². The lowest BCUT2D eigenvalue weighted by Gasteiger charge is -2.27. The van der Waals surface area contributed by atoms with Gasteiger partial charge in [-0.15, -0.1) is 0 Å². The molecule has 8 heteroatoms. The van der Waals surface area contributed by atoms with E-state index in [4.69, 9.17) is 4.42 Å². The molecule has 4 rings (SSSR count). The quantitative estimate of drug-likeness (QED) is 0.713. The van der Waals surface area contributed by atoms with Crippen molar-refractivity contribution < 1.29 is 13.6 Å². The van der Waals surface area contributed by atoms with Crippen LogP contribution in [0.2, 0.25) is 0 Å². The van der Waals surface area contributed by atoms with E-state index in [0.29, 0.717) is 36.9 Å². The molecule has 0 fully saturated rings. The standard InChI is InChI=1S/C17H16FN5O2/c1-10-7-20-16(25-10)15-12-9-23(6-5-14(12)22(2)21-15)17(24)13-4-3-11(18)8-19-13/h3-4,7-8H,5-6,9H2,1-2H3. The third kappa shape index (κ3) is 2.69. The molecule has 0 radical (unpaired) electrons. The Morgan fingerprint density at radius 3 is 2.80 bits per heavy atom. The summed E-state index contributed by atoms with van der Waals surface area (Å²) in [5.41, 5.74) is 2.85. The molecule has 0 saturated carbocycles. The van der Waals surface area contributed by atoms with Crippen LogP contribution < -0.4 is 0 Å². The van der Waals surface area contributed by atoms with Gasteiger partial charge in [-0.05, 0) is 19.1 Å². The lowest BCUT2D eigenvalue weighted by molar-refractivity contribution is 0.0727. The Labute approximate surface area is 143 Å². The number of aromatic nitrogens is 4. The van der Waals surface area contributed by atoms with Gasteiger partial charge in [0.05, 0.1) is 18.9 Å². The smallest absolute Gasteiger partial charge is 0.272 e. The lowest BCUT2D eigenvalue weighted by Crippen LogP contribution is -2.36. The van der Waals surface area contributed by atoms with E-state index in [1.54, 1.807) is 11.1 Å². The highest BCUT2D eigenvalue weighted by molar-refractivity contribution is 5.92. The Balaban J connectivity index is 1.66. The maximum absolute atomic E-state index is 13.0. The zero-order chi connectivity index (χ0) is 17.6. The molecule has 0 saturated heterocycles. The highest BCUT2D eigenvalue weighted by Gasteiger charge is 2.29. The molecule has 128 valence electrons. The number of pyridine rings is 1. The Morgan fingerprint density at radius 1 is 1.28 bits per heavy atom. The molecule has 0 atom stereocenters. The average Bonchev–Trinajstić information content (AvgIpc) is 3.18. The number of fused-ring (bicyclic) bond motifs is 1. The van der Waals surface area contributed by atoms with Gasteiger partial charge in [0.15, 0.2) is 5.69 Å². The van der Waals surface area contributed by atoms with Crippen molar-refractivity contribution in [3.63, 3.8) is 0 Å². The van der Waals surface area contributed by atoms with Crippen LogP contribution in [-0.2, 0) is 20.0 Å². The van der Waals surface area contributed by atoms with Crippen molar-refractivity contribution in [3.05, 3.63) is 53.1 Å². The number of aryl methyl sites for hydroxylation is 2. The van der Waals surface area contributed by atoms with Crippen molar-refractivity contribution in [2.45, 2.75) is 19.9 Å². The first kappa shape index (κ1) is 15.5. The number of carbonyl (C=O) groups excluding carboxylic acids is 1. The van der Waals surface area contributed by atoms with Gasteiger partial charge in [0.2, 0.25) is 5.89 Å². The van der Waals surface area contributed by atoms with Crippen LogP contribution in [-0.4, -0.2) is 37.1 Å². The molecule has 4 heterocycles. The zero-order valence-electron chi connectivity index (χ0n) is 13.9. The maximum Gasteiger partial charge on any atom is 0.272 e. The van der Waals surface area contributed by atoms with Gasteiger partial charge in [-0.2, -0.15) is 5.10 Å². The molecule has 0 aliphatic carbocycles. The first-order chi connectivity index (χ1) is 12.0. The summed E-state index contributed by atoms with van der Waals surface area (Å²) in [6.07, 6.45) is 3.36. The Morgan fingerprint density at radius 2 is 2.12 bits per heavy atom. The second-order valence-corrected chi connectivity index (χ2v) is 6.01. The van der Waals surface area contributed by atoms with E-state index in [1.807, 2.05) is 18.7 Å². The van der Waals surface area contributed by atoms with Crippen molar-refractivity contribution in [2.24, 2.45) is 7.05 Å². The number of hydrogen-bond acceptors (Lipinski definition) is 5. The molecule has 1 aliphatic heterocycles. The molecule has 3 aromatic rings. The van der Waals surface area contributed by atoms with E-state index >= 15 is 0 Å². The lowest BCUT2D eigenvalue weighted by atomic mass is 10.0. The minimum Gasteiger partial charge on any atom is -0.440 e. The molecule has 7 nitrogen and oxygen atoms in total. The number of amides is 1. The predicted octanol–water partition coefficient (Wildman–Crippen LogP) is 2.12. The van der Waals surface area contributed by atoms with Crippen LogP contribution in [0, 0.1) is 12.7 Å². The van der Waals surface area contributed by atoms with Crippen molar-refractivity contribution in [1.82, 2.24) is 24.6 Å². The normalized spacial score (nSPS) is 13.8. The number of carbonyl (C=O) groups is 1. The van der Waals surface area contributed by atoms with Crippen LogP contribution in [0.25, 0.3) is 11.6 Å². The second kappa shape index (κ2) is 5.80. The van der Waals surface area contributed by atoms with Gasteiger partial charge < -0.3 is 9.32 Å². The fourth-order valence-corrected chi connectivity index (χ4v) is 3.07. The Kier molecular flexibility index (Phi) is 3.60. The highest BCUT2D eigenvalue weighted by atomic mass is 19.1. The third-order valence-electron chi connectivity index (χ3n) is 4.30. The minimum absolute atomic E-state index is 0.224. The van der Waals surface area contributed by atoms with E-state index in [0.717, 1.165) is 17.5 Å². The third-order valence-corrected chi connectivity index (χ3v) is 4.30. The summed E-state index contributed by atoms with van der Waals surface area (Å²) in [6.45, 7) is 2.76. The highest BCUT2D eigenvalue weighted by Crippen LogP contribution is 2.29. The number of nitrogens with zero attached hydrogens (tertiary/aromatic N) is 5. The van der Waals surface area contributed by atoms with E-state index in [9.17, 15) is 9.18 Å². The summed E-state index contributed by atoms with van der Waals surface area (Å²) in [6, 6.07) is 2.63. The van der Waals surface area contributed by atoms with Crippen LogP contribution in [0.15, 0.2) is 28.9 Å². The molecule has 0 spiro atoms. The predicted molar refractivity (Wildman–Crippen MR) is 86.1 cm³/mol. The summed E-state index contributed by atoms with van der Waals surface area (Å²) in [5, 5.41) is 4.51. The van der Waals surface area contributed by atoms with Gasteiger partial charge in [-0.25, -0.2) is 14.4 Å². The summed E-state index contributed by atoms with van der Waals surface area (Å²) in [7, 11) is 1.87. The van der Waals surface area contributed by atoms with Gasteiger partial charge in [0.1, 0.15) is 17.3 Å². The van der Waals surface area contributed by atoms with Crippen molar-refractivity contribution in [3.8, 4) is 11.6 Å². The summed E-state index contributed by atoms with van der Waals surface area (Å²) >= 11 is 0. The van der Waals surface area contributed by atoms with E-state index in [1.165, 1.54) is 12.1 Å². The van der Waals surface area contributed by atoms with Gasteiger partial charge >= 0.3 is 0 Å². The first-order valence-corrected chi connectivity index (χ1v) is 7.91. The fourth-order valence-electron chi connectivity index (χ4n) is 3.07. The number of rotatable bonds is 2. The van der Waals surface area contributed by atoms with Gasteiger partial charge in [0.25, 0.3) is 5.91 Å². The molecule has 0 bridgehead atoms. The minimum atomic E-state index is -0.466. The van der Waals surface area contributed by atoms with Crippen LogP contribution in [0.5, 0.6) is 0 Å². The molecule has 0 N–H and O–H groups in total. The zero-order valence-corrected chi connectivity index (χ0v) is 13.9. The second-order valence-electron chi connectivity index (χ2n) is 6.01. The molecule has 1 amide bonds. The molecular formula is C17H16FN5O2. The van der Waals surface area contributed by atoms with Gasteiger partial charge in [-0.1, -0.05) is 0 Å². The number of hydrogen-bond donors (Lipinski definition) is 0. The SMILES string of the molecule is Cc1cnc(-c2nn(C)c3c2CN(C(=O)c2ccc(F)cn2)CC3)o1. The van der Waals surface area contributed by atoms with Crippen molar-refractivity contribution in [1.29, 1.82) is 0 Å². The van der Waals surface area contributed by atoms with E-state index in [-0.39, 0.29) is 11.6 Å². The van der Waals surface area contributed by atoms with Gasteiger partial charge in [-0.3, -0.25) is 9.48 Å². The molecule has 25 heavy (non-hydrogen) atoms. The summed E-state index contributed by atoms with van der Waals surface area (Å²) < 4.78 is 20.4. The number of oxazole rings is 1. The molecule has 0 unspecified atom stereocenters. The van der Waals surface area contributed by atoms with E-state index < -0.39 is 5.82 Å². The molecular weight excluding hydrogens is 325 g/mol. The van der Waals surface area contributed by atoms with Gasteiger partial charge in [0, 0.05) is 31.3 Å². The maximum atomic E-state index is 13.0. The number of halogens is 1. The van der Waals surface area contributed by atoms with Crippen molar-refractivity contribution in [2.75, 3.05) is 6.54 Å². The Bertz CT molecular complexity index is 945. The average molecular weight is 341 g/mol. The largest absolute Gasteiger partial charge is 0.440 e. The first-order valence-electron chi connectivity index (χ1n) is 7.91. The Hall–Kier alpha value is -3.03. The van der Waals surface area contributed by atoms with Crippen LogP contribution >= 0.6 is 0 Å². The van der Waals surface area contributed by atoms with Crippen molar-refractivity contribution >= 4 is 5.91 Å². The topological polar surface area (TPSA) is 77.1 Å². The van der Waals surface area contributed by atoms with Crippen LogP contribution in [0.1, 0.15) is 27.5 Å². The van der Waals surface area contributed by atoms with E-state index in [2.05, 4.69) is 15.1 Å². The van der Waals surface area contributed by atoms with Crippen LogP contribution in [0.3, 0.4) is 0 Å². The molecule has 3 aromatic heterocycles. The molecule has 1 aliphatic rings. The summed E-state index contributed by atoms with van der Waals surface area (Å²) in [4.78, 5) is 22.5. The summed E-state index contributed by atoms with van der Waals surface area (Å²) in [5.74, 6) is 0.451.